The maximum atomic E-state index is 13.0. The van der Waals surface area contributed by atoms with E-state index in [0.29, 0.717) is 6.07 Å². The number of carbonyl (C=O) groups excluding carboxylic acids is 1. The number of carbonyl (C=O) groups is 1. The SMILES string of the molecule is COC(O)C(=O)c1ccc(F)cc1F. The third-order valence-corrected chi connectivity index (χ3v) is 1.64. The number of benzene rings is 1. The highest BCUT2D eigenvalue weighted by Crippen LogP contribution is 2.11. The normalized spacial score (nSPS) is 12.6. The standard InChI is InChI=1S/C9H8F2O3/c1-14-9(13)8(12)6-3-2-5(10)4-7(6)11/h2-4,9,13H,1H3. The second-order valence-electron chi connectivity index (χ2n) is 2.58. The molecule has 3 nitrogen and oxygen atoms in total. The van der Waals surface area contributed by atoms with Gasteiger partial charge in [-0.05, 0) is 12.1 Å². The number of ether oxygens (including phenoxy) is 1. The van der Waals surface area contributed by atoms with Crippen LogP contribution >= 0.6 is 0 Å². The van der Waals surface area contributed by atoms with Crippen LogP contribution in [-0.4, -0.2) is 24.3 Å². The number of hydrogen-bond acceptors (Lipinski definition) is 3. The number of Topliss-reactive ketones (excluding diaryl/α,β-unsaturated/α-hetero) is 1. The lowest BCUT2D eigenvalue weighted by Gasteiger charge is -2.07. The van der Waals surface area contributed by atoms with Crippen LogP contribution in [0.4, 0.5) is 8.78 Å². The average molecular weight is 202 g/mol. The summed E-state index contributed by atoms with van der Waals surface area (Å²) in [4.78, 5) is 11.2. The van der Waals surface area contributed by atoms with Crippen LogP contribution in [0.2, 0.25) is 0 Å². The molecule has 0 saturated carbocycles. The van der Waals surface area contributed by atoms with Gasteiger partial charge in [0.25, 0.3) is 0 Å². The van der Waals surface area contributed by atoms with Crippen molar-refractivity contribution in [2.45, 2.75) is 6.29 Å². The summed E-state index contributed by atoms with van der Waals surface area (Å²) in [7, 11) is 1.10. The molecule has 76 valence electrons. The molecular weight excluding hydrogens is 194 g/mol. The summed E-state index contributed by atoms with van der Waals surface area (Å²) >= 11 is 0. The number of ketones is 1. The molecule has 0 saturated heterocycles. The quantitative estimate of drug-likeness (QED) is 0.590. The van der Waals surface area contributed by atoms with Crippen LogP contribution in [0.1, 0.15) is 10.4 Å². The van der Waals surface area contributed by atoms with E-state index in [4.69, 9.17) is 5.11 Å². The van der Waals surface area contributed by atoms with Crippen molar-refractivity contribution in [3.8, 4) is 0 Å². The maximum Gasteiger partial charge on any atom is 0.221 e. The molecule has 0 amide bonds. The topological polar surface area (TPSA) is 46.5 Å². The van der Waals surface area contributed by atoms with E-state index in [9.17, 15) is 13.6 Å². The van der Waals surface area contributed by atoms with Crippen molar-refractivity contribution in [1.29, 1.82) is 0 Å². The van der Waals surface area contributed by atoms with Gasteiger partial charge in [0.2, 0.25) is 12.1 Å². The Kier molecular flexibility index (Phi) is 3.27. The lowest BCUT2D eigenvalue weighted by Crippen LogP contribution is -2.23. The molecule has 14 heavy (non-hydrogen) atoms. The van der Waals surface area contributed by atoms with Crippen LogP contribution < -0.4 is 0 Å². The van der Waals surface area contributed by atoms with Gasteiger partial charge in [0.05, 0.1) is 5.56 Å². The van der Waals surface area contributed by atoms with Crippen LogP contribution in [0.3, 0.4) is 0 Å². The molecule has 0 radical (unpaired) electrons. The number of aliphatic hydroxyl groups excluding tert-OH is 1. The first-order valence-corrected chi connectivity index (χ1v) is 3.76. The summed E-state index contributed by atoms with van der Waals surface area (Å²) in [5, 5.41) is 8.94. The molecule has 0 aromatic heterocycles. The second-order valence-corrected chi connectivity index (χ2v) is 2.58. The molecule has 0 aliphatic rings. The van der Waals surface area contributed by atoms with Crippen LogP contribution in [0.25, 0.3) is 0 Å². The summed E-state index contributed by atoms with van der Waals surface area (Å²) < 4.78 is 29.7. The summed E-state index contributed by atoms with van der Waals surface area (Å²) in [5.41, 5.74) is -0.402. The summed E-state index contributed by atoms with van der Waals surface area (Å²) in [5.74, 6) is -2.75. The van der Waals surface area contributed by atoms with Gasteiger partial charge in [0.1, 0.15) is 11.6 Å². The molecule has 1 aromatic carbocycles. The number of rotatable bonds is 3. The molecule has 1 atom stereocenters. The van der Waals surface area contributed by atoms with E-state index in [2.05, 4.69) is 4.74 Å². The van der Waals surface area contributed by atoms with E-state index in [0.717, 1.165) is 19.2 Å². The van der Waals surface area contributed by atoms with E-state index in [1.165, 1.54) is 0 Å². The molecule has 0 heterocycles. The zero-order chi connectivity index (χ0) is 10.7. The maximum absolute atomic E-state index is 13.0. The van der Waals surface area contributed by atoms with E-state index < -0.39 is 29.3 Å². The minimum absolute atomic E-state index is 0.402. The molecule has 1 aromatic rings. The fraction of sp³-hybridized carbons (Fsp3) is 0.222. The summed E-state index contributed by atoms with van der Waals surface area (Å²) in [6.07, 6.45) is -1.73. The number of aliphatic hydroxyl groups is 1. The van der Waals surface area contributed by atoms with Crippen LogP contribution in [-0.2, 0) is 4.74 Å². The van der Waals surface area contributed by atoms with Crippen molar-refractivity contribution in [1.82, 2.24) is 0 Å². The Balaban J connectivity index is 3.02. The van der Waals surface area contributed by atoms with Crippen molar-refractivity contribution < 1.29 is 23.4 Å². The third-order valence-electron chi connectivity index (χ3n) is 1.64. The Morgan fingerprint density at radius 3 is 2.64 bits per heavy atom. The minimum Gasteiger partial charge on any atom is -0.362 e. The van der Waals surface area contributed by atoms with Crippen LogP contribution in [0, 0.1) is 11.6 Å². The van der Waals surface area contributed by atoms with Crippen molar-refractivity contribution in [3.05, 3.63) is 35.4 Å². The van der Waals surface area contributed by atoms with Crippen LogP contribution in [0.15, 0.2) is 18.2 Å². The summed E-state index contributed by atoms with van der Waals surface area (Å²) in [6, 6.07) is 2.45. The van der Waals surface area contributed by atoms with Gasteiger partial charge in [-0.15, -0.1) is 0 Å². The highest BCUT2D eigenvalue weighted by atomic mass is 19.1. The lowest BCUT2D eigenvalue weighted by molar-refractivity contribution is -0.0485. The van der Waals surface area contributed by atoms with Gasteiger partial charge in [-0.3, -0.25) is 4.79 Å². The van der Waals surface area contributed by atoms with Crippen molar-refractivity contribution in [2.24, 2.45) is 0 Å². The van der Waals surface area contributed by atoms with Crippen LogP contribution in [0.5, 0.6) is 0 Å². The van der Waals surface area contributed by atoms with Crippen molar-refractivity contribution >= 4 is 5.78 Å². The largest absolute Gasteiger partial charge is 0.362 e. The monoisotopic (exact) mass is 202 g/mol. The predicted molar refractivity (Wildman–Crippen MR) is 43.7 cm³/mol. The molecule has 0 aliphatic heterocycles. The fourth-order valence-corrected chi connectivity index (χ4v) is 0.929. The Morgan fingerprint density at radius 2 is 2.14 bits per heavy atom. The molecule has 0 fully saturated rings. The van der Waals surface area contributed by atoms with Gasteiger partial charge < -0.3 is 9.84 Å². The smallest absolute Gasteiger partial charge is 0.221 e. The van der Waals surface area contributed by atoms with E-state index >= 15 is 0 Å². The highest BCUT2D eigenvalue weighted by Gasteiger charge is 2.20. The van der Waals surface area contributed by atoms with Gasteiger partial charge in [-0.1, -0.05) is 0 Å². The number of halogens is 2. The highest BCUT2D eigenvalue weighted by molar-refractivity contribution is 5.98. The Morgan fingerprint density at radius 1 is 1.50 bits per heavy atom. The first-order valence-electron chi connectivity index (χ1n) is 3.76. The van der Waals surface area contributed by atoms with Gasteiger partial charge in [0.15, 0.2) is 0 Å². The first kappa shape index (κ1) is 10.7. The van der Waals surface area contributed by atoms with Gasteiger partial charge >= 0.3 is 0 Å². The van der Waals surface area contributed by atoms with Crippen molar-refractivity contribution in [3.63, 3.8) is 0 Å². The fourth-order valence-electron chi connectivity index (χ4n) is 0.929. The average Bonchev–Trinajstić information content (AvgIpc) is 2.15. The van der Waals surface area contributed by atoms with E-state index in [1.807, 2.05) is 0 Å². The Bertz CT molecular complexity index is 352. The van der Waals surface area contributed by atoms with Crippen molar-refractivity contribution in [2.75, 3.05) is 7.11 Å². The van der Waals surface area contributed by atoms with E-state index in [1.54, 1.807) is 0 Å². The number of hydrogen-bond donors (Lipinski definition) is 1. The second kappa shape index (κ2) is 4.26. The Hall–Kier alpha value is -1.33. The zero-order valence-electron chi connectivity index (χ0n) is 7.33. The van der Waals surface area contributed by atoms with Gasteiger partial charge in [0, 0.05) is 13.2 Å². The number of methoxy groups -OCH3 is 1. The molecule has 1 unspecified atom stereocenters. The van der Waals surface area contributed by atoms with E-state index in [-0.39, 0.29) is 0 Å². The molecular formula is C9H8F2O3. The van der Waals surface area contributed by atoms with Gasteiger partial charge in [-0.25, -0.2) is 8.78 Å². The molecule has 1 rings (SSSR count). The first-order chi connectivity index (χ1) is 6.56. The van der Waals surface area contributed by atoms with Gasteiger partial charge in [-0.2, -0.15) is 0 Å². The lowest BCUT2D eigenvalue weighted by atomic mass is 10.1. The summed E-state index contributed by atoms with van der Waals surface area (Å²) in [6.45, 7) is 0. The molecule has 5 heteroatoms. The molecule has 0 bridgehead atoms. The molecule has 0 aliphatic carbocycles. The minimum atomic E-state index is -1.73. The predicted octanol–water partition coefficient (Wildman–Crippen LogP) is 1.11. The molecule has 1 N–H and O–H groups in total. The molecule has 0 spiro atoms. The Labute approximate surface area is 78.9 Å². The zero-order valence-corrected chi connectivity index (χ0v) is 7.33. The third kappa shape index (κ3) is 2.12.